The number of rotatable bonds is 9. The highest BCUT2D eigenvalue weighted by molar-refractivity contribution is 6.30. The number of anilines is 1. The molecule has 1 amide bonds. The van der Waals surface area contributed by atoms with Crippen molar-refractivity contribution in [2.45, 2.75) is 38.5 Å². The monoisotopic (exact) mass is 510 g/mol. The van der Waals surface area contributed by atoms with Gasteiger partial charge in [0.15, 0.2) is 17.2 Å². The first-order valence-electron chi connectivity index (χ1n) is 11.8. The second-order valence-electron chi connectivity index (χ2n) is 9.06. The van der Waals surface area contributed by atoms with E-state index in [1.165, 1.54) is 7.11 Å². The average molecular weight is 511 g/mol. The molecule has 2 N–H and O–H groups in total. The molecule has 10 heteroatoms. The number of esters is 1. The lowest BCUT2D eigenvalue weighted by Crippen LogP contribution is -2.35. The maximum absolute atomic E-state index is 13.1. The summed E-state index contributed by atoms with van der Waals surface area (Å²) in [5.74, 6) is 0.624. The Hall–Kier alpha value is -3.56. The van der Waals surface area contributed by atoms with Crippen LogP contribution in [0, 0.1) is 5.92 Å². The molecule has 2 aliphatic rings. The molecule has 2 heterocycles. The van der Waals surface area contributed by atoms with E-state index in [2.05, 4.69) is 5.10 Å². The number of methoxy groups -OCH3 is 1. The molecule has 0 radical (unpaired) electrons. The Balaban J connectivity index is 1.28. The fourth-order valence-corrected chi connectivity index (χ4v) is 4.24. The number of carbonyl (C=O) groups is 2. The van der Waals surface area contributed by atoms with Crippen LogP contribution in [0.5, 0.6) is 11.5 Å². The highest BCUT2D eigenvalue weighted by Crippen LogP contribution is 2.38. The minimum Gasteiger partial charge on any atom is -0.493 e. The number of aromatic nitrogens is 2. The molecule has 1 saturated carbocycles. The quantitative estimate of drug-likeness (QED) is 0.437. The molecule has 0 saturated heterocycles. The Labute approximate surface area is 213 Å². The summed E-state index contributed by atoms with van der Waals surface area (Å²) in [5, 5.41) is 5.13. The molecule has 5 rings (SSSR count). The molecule has 36 heavy (non-hydrogen) atoms. The standard InChI is InChI=1S/C26H27ClN4O5/c1-15(28)26(33)36-23(16-3-4-16)14-35-21-10-9-20(11-22(21)34-2)30-12-17-13-31(29-24(17)25(30)32)19-7-5-18(27)6-8-19/h5-11,13,15-16,23H,3-4,12,14,28H2,1-2H3/t15-,23-/m0/s1. The minimum atomic E-state index is -0.685. The van der Waals surface area contributed by atoms with E-state index in [0.29, 0.717) is 34.4 Å². The van der Waals surface area contributed by atoms with E-state index in [1.54, 1.807) is 46.8 Å². The lowest BCUT2D eigenvalue weighted by molar-refractivity contribution is -0.153. The number of ether oxygens (including phenoxy) is 3. The van der Waals surface area contributed by atoms with E-state index < -0.39 is 12.0 Å². The predicted octanol–water partition coefficient (Wildman–Crippen LogP) is 3.74. The van der Waals surface area contributed by atoms with Gasteiger partial charge in [0.2, 0.25) is 0 Å². The molecule has 1 fully saturated rings. The number of amides is 1. The van der Waals surface area contributed by atoms with Crippen molar-refractivity contribution < 1.29 is 23.8 Å². The van der Waals surface area contributed by atoms with E-state index in [0.717, 1.165) is 24.1 Å². The van der Waals surface area contributed by atoms with Crippen LogP contribution in [0.25, 0.3) is 5.69 Å². The average Bonchev–Trinajstić information content (AvgIpc) is 3.56. The van der Waals surface area contributed by atoms with Crippen LogP contribution in [0.3, 0.4) is 0 Å². The Morgan fingerprint density at radius 3 is 2.53 bits per heavy atom. The van der Waals surface area contributed by atoms with E-state index in [4.69, 9.17) is 31.5 Å². The molecule has 2 aromatic carbocycles. The van der Waals surface area contributed by atoms with Crippen LogP contribution in [0.1, 0.15) is 35.8 Å². The summed E-state index contributed by atoms with van der Waals surface area (Å²) in [6.07, 6.45) is 3.47. The van der Waals surface area contributed by atoms with Gasteiger partial charge in [0.1, 0.15) is 18.8 Å². The van der Waals surface area contributed by atoms with E-state index in [-0.39, 0.29) is 24.5 Å². The summed E-state index contributed by atoms with van der Waals surface area (Å²) < 4.78 is 18.7. The topological polar surface area (TPSA) is 109 Å². The molecule has 0 unspecified atom stereocenters. The van der Waals surface area contributed by atoms with Gasteiger partial charge >= 0.3 is 5.97 Å². The molecule has 3 aromatic rings. The summed E-state index contributed by atoms with van der Waals surface area (Å²) in [6, 6.07) is 11.9. The lowest BCUT2D eigenvalue weighted by Gasteiger charge is -2.21. The zero-order chi connectivity index (χ0) is 25.4. The minimum absolute atomic E-state index is 0.190. The van der Waals surface area contributed by atoms with Crippen molar-refractivity contribution in [1.29, 1.82) is 0 Å². The number of carbonyl (C=O) groups excluding carboxylic acids is 2. The summed E-state index contributed by atoms with van der Waals surface area (Å²) in [6.45, 7) is 2.19. The number of benzene rings is 2. The Morgan fingerprint density at radius 2 is 1.89 bits per heavy atom. The Bertz CT molecular complexity index is 1290. The molecule has 0 spiro atoms. The molecule has 1 aliphatic heterocycles. The summed E-state index contributed by atoms with van der Waals surface area (Å²) >= 11 is 5.97. The molecule has 2 atom stereocenters. The second kappa shape index (κ2) is 9.83. The largest absolute Gasteiger partial charge is 0.493 e. The molecular weight excluding hydrogens is 484 g/mol. The Morgan fingerprint density at radius 1 is 1.17 bits per heavy atom. The van der Waals surface area contributed by atoms with Crippen LogP contribution in [0.2, 0.25) is 5.02 Å². The fraction of sp³-hybridized carbons (Fsp3) is 0.346. The smallest absolute Gasteiger partial charge is 0.323 e. The van der Waals surface area contributed by atoms with Crippen LogP contribution >= 0.6 is 11.6 Å². The Kier molecular flexibility index (Phi) is 6.59. The van der Waals surface area contributed by atoms with Crippen molar-refractivity contribution in [2.75, 3.05) is 18.6 Å². The first-order chi connectivity index (χ1) is 17.3. The molecule has 1 aromatic heterocycles. The van der Waals surface area contributed by atoms with Crippen molar-refractivity contribution in [3.8, 4) is 17.2 Å². The van der Waals surface area contributed by atoms with Crippen LogP contribution in [-0.2, 0) is 16.1 Å². The number of nitrogens with two attached hydrogens (primary N) is 1. The van der Waals surface area contributed by atoms with Crippen molar-refractivity contribution in [1.82, 2.24) is 9.78 Å². The summed E-state index contributed by atoms with van der Waals surface area (Å²) in [5.41, 5.74) is 8.37. The molecular formula is C26H27ClN4O5. The van der Waals surface area contributed by atoms with Crippen LogP contribution in [0.15, 0.2) is 48.7 Å². The van der Waals surface area contributed by atoms with Gasteiger partial charge in [-0.2, -0.15) is 5.10 Å². The van der Waals surface area contributed by atoms with Crippen molar-refractivity contribution in [2.24, 2.45) is 11.7 Å². The third-order valence-electron chi connectivity index (χ3n) is 6.31. The van der Waals surface area contributed by atoms with Crippen molar-refractivity contribution in [3.63, 3.8) is 0 Å². The van der Waals surface area contributed by atoms with Gasteiger partial charge in [-0.05, 0) is 62.1 Å². The van der Waals surface area contributed by atoms with Gasteiger partial charge in [0.25, 0.3) is 5.91 Å². The molecule has 1 aliphatic carbocycles. The van der Waals surface area contributed by atoms with Gasteiger partial charge in [-0.1, -0.05) is 11.6 Å². The fourth-order valence-electron chi connectivity index (χ4n) is 4.12. The third-order valence-corrected chi connectivity index (χ3v) is 6.56. The van der Waals surface area contributed by atoms with Crippen LogP contribution < -0.4 is 20.1 Å². The molecule has 188 valence electrons. The van der Waals surface area contributed by atoms with Crippen molar-refractivity contribution in [3.05, 3.63) is 64.9 Å². The van der Waals surface area contributed by atoms with Crippen LogP contribution in [-0.4, -0.2) is 47.5 Å². The lowest BCUT2D eigenvalue weighted by atomic mass is 10.2. The number of fused-ring (bicyclic) bond motifs is 1. The maximum atomic E-state index is 13.1. The van der Waals surface area contributed by atoms with Crippen LogP contribution in [0.4, 0.5) is 5.69 Å². The van der Waals surface area contributed by atoms with Gasteiger partial charge in [0.05, 0.1) is 19.3 Å². The maximum Gasteiger partial charge on any atom is 0.323 e. The van der Waals surface area contributed by atoms with Gasteiger partial charge in [-0.25, -0.2) is 4.68 Å². The van der Waals surface area contributed by atoms with Gasteiger partial charge in [-0.3, -0.25) is 9.59 Å². The van der Waals surface area contributed by atoms with E-state index in [1.807, 2.05) is 18.3 Å². The van der Waals surface area contributed by atoms with E-state index in [9.17, 15) is 9.59 Å². The first kappa shape index (κ1) is 24.1. The van der Waals surface area contributed by atoms with Gasteiger partial charge in [0, 0.05) is 28.5 Å². The molecule has 0 bridgehead atoms. The third kappa shape index (κ3) is 4.89. The zero-order valence-corrected chi connectivity index (χ0v) is 20.8. The summed E-state index contributed by atoms with van der Waals surface area (Å²) in [7, 11) is 1.54. The number of nitrogens with zero attached hydrogens (tertiary/aromatic N) is 3. The first-order valence-corrected chi connectivity index (χ1v) is 12.1. The highest BCUT2D eigenvalue weighted by atomic mass is 35.5. The SMILES string of the molecule is COc1cc(N2Cc3cn(-c4ccc(Cl)cc4)nc3C2=O)ccc1OC[C@H](OC(=O)[C@H](C)N)C1CC1. The summed E-state index contributed by atoms with van der Waals surface area (Å²) in [4.78, 5) is 26.7. The predicted molar refractivity (Wildman–Crippen MR) is 134 cm³/mol. The van der Waals surface area contributed by atoms with E-state index >= 15 is 0 Å². The van der Waals surface area contributed by atoms with Gasteiger partial charge in [-0.15, -0.1) is 0 Å². The van der Waals surface area contributed by atoms with Gasteiger partial charge < -0.3 is 24.8 Å². The molecule has 9 nitrogen and oxygen atoms in total. The van der Waals surface area contributed by atoms with Crippen molar-refractivity contribution >= 4 is 29.2 Å². The highest BCUT2D eigenvalue weighted by Gasteiger charge is 2.36. The number of hydrogen-bond acceptors (Lipinski definition) is 7. The zero-order valence-electron chi connectivity index (χ0n) is 20.0. The second-order valence-corrected chi connectivity index (χ2v) is 9.50. The normalized spacial score (nSPS) is 16.4. The number of halogens is 1. The number of hydrogen-bond donors (Lipinski definition) is 1.